The van der Waals surface area contributed by atoms with Crippen LogP contribution in [0.5, 0.6) is 0 Å². The Kier molecular flexibility index (Phi) is 2.99. The summed E-state index contributed by atoms with van der Waals surface area (Å²) >= 11 is 0. The SMILES string of the molecule is CCCCC(C)(C)c1nc2ccccc2[nH]1. The van der Waals surface area contributed by atoms with E-state index in [1.807, 2.05) is 12.1 Å². The number of benzene rings is 1. The Morgan fingerprint density at radius 1 is 1.25 bits per heavy atom. The molecule has 2 rings (SSSR count). The van der Waals surface area contributed by atoms with Gasteiger partial charge < -0.3 is 4.98 Å². The van der Waals surface area contributed by atoms with Crippen LogP contribution in [0.15, 0.2) is 24.3 Å². The number of aromatic amines is 1. The van der Waals surface area contributed by atoms with E-state index >= 15 is 0 Å². The molecule has 1 aromatic carbocycles. The smallest absolute Gasteiger partial charge is 0.112 e. The number of H-pyrrole nitrogens is 1. The molecule has 0 saturated heterocycles. The molecule has 0 fully saturated rings. The second-order valence-corrected chi connectivity index (χ2v) is 5.09. The molecule has 0 amide bonds. The van der Waals surface area contributed by atoms with E-state index < -0.39 is 0 Å². The summed E-state index contributed by atoms with van der Waals surface area (Å²) in [6.45, 7) is 6.76. The van der Waals surface area contributed by atoms with Gasteiger partial charge in [0.2, 0.25) is 0 Å². The lowest BCUT2D eigenvalue weighted by molar-refractivity contribution is 0.436. The Bertz CT molecular complexity index is 435. The molecule has 86 valence electrons. The maximum atomic E-state index is 4.68. The van der Waals surface area contributed by atoms with Crippen LogP contribution in [0.4, 0.5) is 0 Å². The van der Waals surface area contributed by atoms with Gasteiger partial charge in [-0.2, -0.15) is 0 Å². The van der Waals surface area contributed by atoms with Gasteiger partial charge in [-0.05, 0) is 18.6 Å². The number of rotatable bonds is 4. The topological polar surface area (TPSA) is 28.7 Å². The highest BCUT2D eigenvalue weighted by Crippen LogP contribution is 2.28. The molecule has 0 spiro atoms. The normalized spacial score (nSPS) is 12.2. The first-order chi connectivity index (χ1) is 7.63. The first-order valence-electron chi connectivity index (χ1n) is 6.09. The third kappa shape index (κ3) is 2.11. The highest BCUT2D eigenvalue weighted by atomic mass is 14.9. The van der Waals surface area contributed by atoms with Crippen molar-refractivity contribution in [3.8, 4) is 0 Å². The lowest BCUT2D eigenvalue weighted by Crippen LogP contribution is -2.18. The number of aromatic nitrogens is 2. The van der Waals surface area contributed by atoms with Crippen molar-refractivity contribution in [2.45, 2.75) is 45.4 Å². The fraction of sp³-hybridized carbons (Fsp3) is 0.500. The van der Waals surface area contributed by atoms with E-state index in [4.69, 9.17) is 0 Å². The molecule has 0 radical (unpaired) electrons. The van der Waals surface area contributed by atoms with Crippen LogP contribution in [0.25, 0.3) is 11.0 Å². The zero-order valence-electron chi connectivity index (χ0n) is 10.4. The summed E-state index contributed by atoms with van der Waals surface area (Å²) in [5.41, 5.74) is 2.36. The summed E-state index contributed by atoms with van der Waals surface area (Å²) in [5.74, 6) is 1.11. The molecule has 0 aliphatic heterocycles. The van der Waals surface area contributed by atoms with Gasteiger partial charge in [0.25, 0.3) is 0 Å². The number of para-hydroxylation sites is 2. The monoisotopic (exact) mass is 216 g/mol. The van der Waals surface area contributed by atoms with E-state index in [9.17, 15) is 0 Å². The molecule has 16 heavy (non-hydrogen) atoms. The van der Waals surface area contributed by atoms with E-state index in [0.29, 0.717) is 0 Å². The summed E-state index contributed by atoms with van der Waals surface area (Å²) in [6.07, 6.45) is 3.68. The van der Waals surface area contributed by atoms with Gasteiger partial charge in [0, 0.05) is 5.41 Å². The Labute approximate surface area is 97.1 Å². The number of hydrogen-bond donors (Lipinski definition) is 1. The zero-order chi connectivity index (χ0) is 11.6. The van der Waals surface area contributed by atoms with E-state index in [0.717, 1.165) is 16.9 Å². The van der Waals surface area contributed by atoms with Gasteiger partial charge in [0.05, 0.1) is 11.0 Å². The number of hydrogen-bond acceptors (Lipinski definition) is 1. The first kappa shape index (κ1) is 11.2. The third-order valence-corrected chi connectivity index (χ3v) is 3.19. The maximum Gasteiger partial charge on any atom is 0.112 e. The van der Waals surface area contributed by atoms with Crippen LogP contribution in [-0.2, 0) is 5.41 Å². The number of fused-ring (bicyclic) bond motifs is 1. The Morgan fingerprint density at radius 3 is 2.69 bits per heavy atom. The van der Waals surface area contributed by atoms with Gasteiger partial charge in [0.1, 0.15) is 5.82 Å². The summed E-state index contributed by atoms with van der Waals surface area (Å²) in [4.78, 5) is 8.12. The molecule has 2 nitrogen and oxygen atoms in total. The maximum absolute atomic E-state index is 4.68. The Hall–Kier alpha value is -1.31. The van der Waals surface area contributed by atoms with Crippen molar-refractivity contribution in [1.82, 2.24) is 9.97 Å². The van der Waals surface area contributed by atoms with Crippen LogP contribution in [0.3, 0.4) is 0 Å². The fourth-order valence-electron chi connectivity index (χ4n) is 2.01. The molecule has 1 N–H and O–H groups in total. The average Bonchev–Trinajstić information content (AvgIpc) is 2.71. The van der Waals surface area contributed by atoms with Gasteiger partial charge in [-0.3, -0.25) is 0 Å². The van der Waals surface area contributed by atoms with Crippen LogP contribution < -0.4 is 0 Å². The largest absolute Gasteiger partial charge is 0.342 e. The molecule has 1 aromatic heterocycles. The van der Waals surface area contributed by atoms with Crippen molar-refractivity contribution >= 4 is 11.0 Å². The minimum Gasteiger partial charge on any atom is -0.342 e. The van der Waals surface area contributed by atoms with E-state index in [1.165, 1.54) is 19.3 Å². The summed E-state index contributed by atoms with van der Waals surface area (Å²) in [7, 11) is 0. The minimum atomic E-state index is 0.148. The van der Waals surface area contributed by atoms with Crippen LogP contribution in [0.1, 0.15) is 45.9 Å². The Balaban J connectivity index is 2.31. The van der Waals surface area contributed by atoms with E-state index in [2.05, 4.69) is 42.9 Å². The van der Waals surface area contributed by atoms with Gasteiger partial charge in [-0.25, -0.2) is 4.98 Å². The molecule has 0 bridgehead atoms. The van der Waals surface area contributed by atoms with Crippen molar-refractivity contribution in [3.63, 3.8) is 0 Å². The molecule has 0 aliphatic rings. The molecule has 0 saturated carbocycles. The average molecular weight is 216 g/mol. The fourth-order valence-corrected chi connectivity index (χ4v) is 2.01. The summed E-state index contributed by atoms with van der Waals surface area (Å²) in [6, 6.07) is 8.22. The van der Waals surface area contributed by atoms with Gasteiger partial charge in [-0.15, -0.1) is 0 Å². The van der Waals surface area contributed by atoms with E-state index in [-0.39, 0.29) is 5.41 Å². The van der Waals surface area contributed by atoms with Crippen molar-refractivity contribution in [2.24, 2.45) is 0 Å². The van der Waals surface area contributed by atoms with Crippen molar-refractivity contribution in [1.29, 1.82) is 0 Å². The Morgan fingerprint density at radius 2 is 2.00 bits per heavy atom. The second kappa shape index (κ2) is 4.28. The number of imidazole rings is 1. The highest BCUT2D eigenvalue weighted by Gasteiger charge is 2.23. The second-order valence-electron chi connectivity index (χ2n) is 5.09. The number of unbranched alkanes of at least 4 members (excludes halogenated alkanes) is 1. The lowest BCUT2D eigenvalue weighted by Gasteiger charge is -2.21. The molecule has 1 heterocycles. The molecule has 0 atom stereocenters. The lowest BCUT2D eigenvalue weighted by atomic mass is 9.86. The first-order valence-corrected chi connectivity index (χ1v) is 6.09. The van der Waals surface area contributed by atoms with Gasteiger partial charge in [0.15, 0.2) is 0 Å². The van der Waals surface area contributed by atoms with Gasteiger partial charge in [-0.1, -0.05) is 45.7 Å². The standard InChI is InChI=1S/C14H20N2/c1-4-5-10-14(2,3)13-15-11-8-6-7-9-12(11)16-13/h6-9H,4-5,10H2,1-3H3,(H,15,16). The number of nitrogens with one attached hydrogen (secondary N) is 1. The number of nitrogens with zero attached hydrogens (tertiary/aromatic N) is 1. The predicted octanol–water partition coefficient (Wildman–Crippen LogP) is 4.03. The zero-order valence-corrected chi connectivity index (χ0v) is 10.4. The van der Waals surface area contributed by atoms with Crippen molar-refractivity contribution in [3.05, 3.63) is 30.1 Å². The van der Waals surface area contributed by atoms with E-state index in [1.54, 1.807) is 0 Å². The quantitative estimate of drug-likeness (QED) is 0.821. The predicted molar refractivity (Wildman–Crippen MR) is 68.6 cm³/mol. The molecule has 0 unspecified atom stereocenters. The highest BCUT2D eigenvalue weighted by molar-refractivity contribution is 5.74. The minimum absolute atomic E-state index is 0.148. The molecular formula is C14H20N2. The molecular weight excluding hydrogens is 196 g/mol. The molecule has 2 aromatic rings. The summed E-state index contributed by atoms with van der Waals surface area (Å²) in [5, 5.41) is 0. The van der Waals surface area contributed by atoms with Crippen LogP contribution in [-0.4, -0.2) is 9.97 Å². The van der Waals surface area contributed by atoms with Crippen molar-refractivity contribution < 1.29 is 0 Å². The van der Waals surface area contributed by atoms with Crippen molar-refractivity contribution in [2.75, 3.05) is 0 Å². The van der Waals surface area contributed by atoms with Crippen LogP contribution in [0.2, 0.25) is 0 Å². The van der Waals surface area contributed by atoms with Crippen LogP contribution in [0, 0.1) is 0 Å². The molecule has 0 aliphatic carbocycles. The molecule has 2 heteroatoms. The third-order valence-electron chi connectivity index (χ3n) is 3.19. The van der Waals surface area contributed by atoms with Gasteiger partial charge >= 0.3 is 0 Å². The summed E-state index contributed by atoms with van der Waals surface area (Å²) < 4.78 is 0. The van der Waals surface area contributed by atoms with Crippen LogP contribution >= 0.6 is 0 Å².